The number of hydrogen-bond acceptors (Lipinski definition) is 1. The molecule has 0 aliphatic carbocycles. The Labute approximate surface area is 156 Å². The fraction of sp³-hybridized carbons (Fsp3) is 0.0800. The molecule has 0 saturated carbocycles. The molecule has 6 rings (SSSR count). The highest BCUT2D eigenvalue weighted by Gasteiger charge is 2.14. The maximum atomic E-state index is 5.14. The van der Waals surface area contributed by atoms with Gasteiger partial charge < -0.3 is 0 Å². The zero-order chi connectivity index (χ0) is 18.1. The first kappa shape index (κ1) is 14.7. The quantitative estimate of drug-likeness (QED) is 0.285. The number of aryl methyl sites for hydroxylation is 2. The SMILES string of the molecule is Cc1c(C)c2cc3ccccc3n2c2nc3cc4ccccc4cc3cc12. The number of rotatable bonds is 0. The lowest BCUT2D eigenvalue weighted by atomic mass is 10.0. The number of benzene rings is 3. The molecule has 0 saturated heterocycles. The molecule has 3 aromatic carbocycles. The summed E-state index contributed by atoms with van der Waals surface area (Å²) < 4.78 is 2.32. The molecule has 0 fully saturated rings. The van der Waals surface area contributed by atoms with Crippen LogP contribution in [0.5, 0.6) is 0 Å². The second-order valence-electron chi connectivity index (χ2n) is 7.43. The van der Waals surface area contributed by atoms with Crippen molar-refractivity contribution in [3.63, 3.8) is 0 Å². The number of hydrogen-bond donors (Lipinski definition) is 0. The van der Waals surface area contributed by atoms with Gasteiger partial charge in [0.25, 0.3) is 0 Å². The molecule has 0 bridgehead atoms. The molecule has 3 aromatic heterocycles. The molecule has 0 radical (unpaired) electrons. The standard InChI is InChI=1S/C25H18N2/c1-15-16(2)24-14-19-9-5-6-10-23(19)27(24)25-21(15)12-20-11-17-7-3-4-8-18(17)13-22(20)26-25/h3-14H,1-2H3. The molecule has 0 spiro atoms. The zero-order valence-corrected chi connectivity index (χ0v) is 15.3. The molecule has 0 aliphatic heterocycles. The first-order valence-corrected chi connectivity index (χ1v) is 9.33. The van der Waals surface area contributed by atoms with E-state index in [0.717, 1.165) is 11.2 Å². The van der Waals surface area contributed by atoms with Gasteiger partial charge in [-0.2, -0.15) is 0 Å². The second kappa shape index (κ2) is 5.08. The predicted molar refractivity (Wildman–Crippen MR) is 115 cm³/mol. The fourth-order valence-electron chi connectivity index (χ4n) is 4.35. The minimum Gasteiger partial charge on any atom is -0.294 e. The van der Waals surface area contributed by atoms with Crippen LogP contribution >= 0.6 is 0 Å². The van der Waals surface area contributed by atoms with Gasteiger partial charge in [-0.05, 0) is 66.1 Å². The molecular formula is C25H18N2. The van der Waals surface area contributed by atoms with Crippen molar-refractivity contribution >= 4 is 49.1 Å². The smallest absolute Gasteiger partial charge is 0.145 e. The summed E-state index contributed by atoms with van der Waals surface area (Å²) in [6.07, 6.45) is 0. The van der Waals surface area contributed by atoms with Crippen molar-refractivity contribution in [2.45, 2.75) is 13.8 Å². The lowest BCUT2D eigenvalue weighted by Crippen LogP contribution is -1.98. The molecule has 2 heteroatoms. The fourth-order valence-corrected chi connectivity index (χ4v) is 4.35. The number of para-hydroxylation sites is 1. The van der Waals surface area contributed by atoms with E-state index in [1.54, 1.807) is 0 Å². The number of fused-ring (bicyclic) bond motifs is 7. The van der Waals surface area contributed by atoms with Crippen LogP contribution in [0.15, 0.2) is 72.8 Å². The van der Waals surface area contributed by atoms with E-state index in [1.807, 2.05) is 0 Å². The van der Waals surface area contributed by atoms with Crippen LogP contribution in [0.1, 0.15) is 11.1 Å². The van der Waals surface area contributed by atoms with Crippen LogP contribution in [-0.4, -0.2) is 9.38 Å². The van der Waals surface area contributed by atoms with E-state index in [4.69, 9.17) is 4.98 Å². The first-order valence-electron chi connectivity index (χ1n) is 9.33. The lowest BCUT2D eigenvalue weighted by molar-refractivity contribution is 1.22. The van der Waals surface area contributed by atoms with E-state index in [-0.39, 0.29) is 0 Å². The van der Waals surface area contributed by atoms with Crippen LogP contribution in [-0.2, 0) is 0 Å². The van der Waals surface area contributed by atoms with Crippen molar-refractivity contribution in [1.29, 1.82) is 0 Å². The Kier molecular flexibility index (Phi) is 2.77. The van der Waals surface area contributed by atoms with Gasteiger partial charge in [0.05, 0.1) is 16.6 Å². The van der Waals surface area contributed by atoms with Crippen molar-refractivity contribution in [2.75, 3.05) is 0 Å². The van der Waals surface area contributed by atoms with E-state index in [0.29, 0.717) is 0 Å². The molecule has 2 nitrogen and oxygen atoms in total. The van der Waals surface area contributed by atoms with Crippen LogP contribution < -0.4 is 0 Å². The molecule has 0 N–H and O–H groups in total. The Morgan fingerprint density at radius 3 is 2.15 bits per heavy atom. The van der Waals surface area contributed by atoms with Crippen LogP contribution in [0, 0.1) is 13.8 Å². The van der Waals surface area contributed by atoms with Crippen molar-refractivity contribution in [3.8, 4) is 0 Å². The Bertz CT molecular complexity index is 1540. The maximum Gasteiger partial charge on any atom is 0.145 e. The molecule has 3 heterocycles. The van der Waals surface area contributed by atoms with Gasteiger partial charge in [0.2, 0.25) is 0 Å². The summed E-state index contributed by atoms with van der Waals surface area (Å²) in [4.78, 5) is 5.14. The van der Waals surface area contributed by atoms with Crippen molar-refractivity contribution < 1.29 is 0 Å². The Hall–Kier alpha value is -3.39. The molecule has 0 unspecified atom stereocenters. The summed E-state index contributed by atoms with van der Waals surface area (Å²) in [5, 5.41) is 6.17. The Morgan fingerprint density at radius 2 is 1.33 bits per heavy atom. The summed E-state index contributed by atoms with van der Waals surface area (Å²) in [7, 11) is 0. The van der Waals surface area contributed by atoms with E-state index in [1.165, 1.54) is 49.1 Å². The average Bonchev–Trinajstić information content (AvgIpc) is 3.09. The van der Waals surface area contributed by atoms with Crippen molar-refractivity contribution in [1.82, 2.24) is 9.38 Å². The van der Waals surface area contributed by atoms with Gasteiger partial charge in [-0.15, -0.1) is 0 Å². The van der Waals surface area contributed by atoms with Gasteiger partial charge in [0.15, 0.2) is 0 Å². The van der Waals surface area contributed by atoms with Gasteiger partial charge in [-0.1, -0.05) is 42.5 Å². The van der Waals surface area contributed by atoms with Crippen LogP contribution in [0.2, 0.25) is 0 Å². The minimum absolute atomic E-state index is 1.04. The summed E-state index contributed by atoms with van der Waals surface area (Å²) >= 11 is 0. The third kappa shape index (κ3) is 1.93. The Morgan fingerprint density at radius 1 is 0.630 bits per heavy atom. The van der Waals surface area contributed by atoms with E-state index >= 15 is 0 Å². The summed E-state index contributed by atoms with van der Waals surface area (Å²) in [5.41, 5.74) is 7.17. The van der Waals surface area contributed by atoms with Crippen molar-refractivity contribution in [3.05, 3.63) is 83.9 Å². The highest BCUT2D eigenvalue weighted by molar-refractivity contribution is 6.04. The minimum atomic E-state index is 1.04. The molecule has 128 valence electrons. The van der Waals surface area contributed by atoms with Crippen LogP contribution in [0.25, 0.3) is 49.1 Å². The number of aromatic nitrogens is 2. The molecule has 0 aliphatic rings. The molecule has 6 aromatic rings. The zero-order valence-electron chi connectivity index (χ0n) is 15.3. The molecular weight excluding hydrogens is 328 g/mol. The van der Waals surface area contributed by atoms with E-state index < -0.39 is 0 Å². The van der Waals surface area contributed by atoms with Crippen LogP contribution in [0.3, 0.4) is 0 Å². The van der Waals surface area contributed by atoms with Gasteiger partial charge in [-0.25, -0.2) is 4.98 Å². The molecule has 27 heavy (non-hydrogen) atoms. The lowest BCUT2D eigenvalue weighted by Gasteiger charge is -2.12. The highest BCUT2D eigenvalue weighted by atomic mass is 15.0. The molecule has 0 atom stereocenters. The highest BCUT2D eigenvalue weighted by Crippen LogP contribution is 2.33. The third-order valence-electron chi connectivity index (χ3n) is 5.94. The first-order chi connectivity index (χ1) is 13.2. The van der Waals surface area contributed by atoms with Gasteiger partial charge in [-0.3, -0.25) is 4.40 Å². The topological polar surface area (TPSA) is 17.3 Å². The Balaban J connectivity index is 1.89. The number of pyridine rings is 2. The van der Waals surface area contributed by atoms with Crippen LogP contribution in [0.4, 0.5) is 0 Å². The third-order valence-corrected chi connectivity index (χ3v) is 5.94. The second-order valence-corrected chi connectivity index (χ2v) is 7.43. The van der Waals surface area contributed by atoms with Gasteiger partial charge >= 0.3 is 0 Å². The normalized spacial score (nSPS) is 12.1. The van der Waals surface area contributed by atoms with E-state index in [2.05, 4.69) is 91.0 Å². The summed E-state index contributed by atoms with van der Waals surface area (Å²) in [5.74, 6) is 0. The summed E-state index contributed by atoms with van der Waals surface area (Å²) in [6, 6.07) is 26.1. The molecule has 0 amide bonds. The van der Waals surface area contributed by atoms with Crippen molar-refractivity contribution in [2.24, 2.45) is 0 Å². The average molecular weight is 346 g/mol. The maximum absolute atomic E-state index is 5.14. The summed E-state index contributed by atoms with van der Waals surface area (Å²) in [6.45, 7) is 4.43. The largest absolute Gasteiger partial charge is 0.294 e. The monoisotopic (exact) mass is 346 g/mol. The van der Waals surface area contributed by atoms with Gasteiger partial charge in [0, 0.05) is 16.2 Å². The predicted octanol–water partition coefficient (Wildman–Crippen LogP) is 6.56. The van der Waals surface area contributed by atoms with Gasteiger partial charge in [0.1, 0.15) is 5.65 Å². The van der Waals surface area contributed by atoms with E-state index in [9.17, 15) is 0 Å². The number of nitrogens with zero attached hydrogens (tertiary/aromatic N) is 2.